The highest BCUT2D eigenvalue weighted by Gasteiger charge is 2.07. The highest BCUT2D eigenvalue weighted by atomic mass is 19.2. The second-order valence-electron chi connectivity index (χ2n) is 5.04. The maximum atomic E-state index is 13.6. The summed E-state index contributed by atoms with van der Waals surface area (Å²) in [7, 11) is 0. The molecule has 0 saturated carbocycles. The van der Waals surface area contributed by atoms with Crippen LogP contribution >= 0.6 is 0 Å². The van der Waals surface area contributed by atoms with E-state index in [1.165, 1.54) is 0 Å². The Labute approximate surface area is 139 Å². The normalized spacial score (nSPS) is 9.42. The fraction of sp³-hybridized carbons (Fsp3) is 0. The molecule has 3 aromatic rings. The Morgan fingerprint density at radius 1 is 0.500 bits per heavy atom. The Bertz CT molecular complexity index is 884. The van der Waals surface area contributed by atoms with Gasteiger partial charge in [-0.25, -0.2) is 8.78 Å². The summed E-state index contributed by atoms with van der Waals surface area (Å²) >= 11 is 0. The second kappa shape index (κ2) is 7.27. The van der Waals surface area contributed by atoms with Crippen molar-refractivity contribution in [3.05, 3.63) is 107 Å². The van der Waals surface area contributed by atoms with Crippen LogP contribution in [-0.2, 0) is 0 Å². The molecular weight excluding hydrogens is 302 g/mol. The summed E-state index contributed by atoms with van der Waals surface area (Å²) in [5.41, 5.74) is 2.32. The maximum Gasteiger partial charge on any atom is 0.160 e. The Morgan fingerprint density at radius 3 is 1.25 bits per heavy atom. The predicted octanol–water partition coefficient (Wildman–Crippen LogP) is 4.76. The minimum Gasteiger partial charge on any atom is -0.204 e. The van der Waals surface area contributed by atoms with Crippen LogP contribution in [0.3, 0.4) is 0 Å². The quantitative estimate of drug-likeness (QED) is 0.525. The van der Waals surface area contributed by atoms with Crippen molar-refractivity contribution in [3.63, 3.8) is 0 Å². The first kappa shape index (κ1) is 15.5. The van der Waals surface area contributed by atoms with Gasteiger partial charge in [0.1, 0.15) is 0 Å². The number of hydrogen-bond donors (Lipinski definition) is 0. The summed E-state index contributed by atoms with van der Waals surface area (Å²) in [5.74, 6) is 9.76. The molecule has 0 unspecified atom stereocenters. The van der Waals surface area contributed by atoms with Gasteiger partial charge in [-0.05, 0) is 36.4 Å². The molecule has 0 aliphatic carbocycles. The Hall–Kier alpha value is -3.36. The Balaban J connectivity index is 2.02. The zero-order chi connectivity index (χ0) is 16.8. The number of rotatable bonds is 0. The third kappa shape index (κ3) is 3.88. The molecule has 0 amide bonds. The molecule has 0 aromatic heterocycles. The summed E-state index contributed by atoms with van der Waals surface area (Å²) in [6, 6.07) is 20.8. The van der Waals surface area contributed by atoms with Gasteiger partial charge in [-0.3, -0.25) is 0 Å². The summed E-state index contributed by atoms with van der Waals surface area (Å²) in [5, 5.41) is 0. The highest BCUT2D eigenvalue weighted by molar-refractivity contribution is 5.54. The van der Waals surface area contributed by atoms with E-state index >= 15 is 0 Å². The van der Waals surface area contributed by atoms with Crippen LogP contribution in [0.2, 0.25) is 0 Å². The van der Waals surface area contributed by atoms with Crippen LogP contribution in [0.15, 0.2) is 72.8 Å². The van der Waals surface area contributed by atoms with Crippen LogP contribution in [0.1, 0.15) is 22.3 Å². The van der Waals surface area contributed by atoms with Crippen LogP contribution in [0, 0.1) is 35.3 Å². The molecular formula is C22H12F2. The van der Waals surface area contributed by atoms with E-state index in [2.05, 4.69) is 23.7 Å². The van der Waals surface area contributed by atoms with Crippen molar-refractivity contribution in [2.75, 3.05) is 0 Å². The molecule has 114 valence electrons. The molecule has 0 atom stereocenters. The van der Waals surface area contributed by atoms with Gasteiger partial charge in [0.2, 0.25) is 0 Å². The largest absolute Gasteiger partial charge is 0.204 e. The van der Waals surface area contributed by atoms with Crippen LogP contribution in [-0.4, -0.2) is 0 Å². The minimum absolute atomic E-state index is 0.362. The van der Waals surface area contributed by atoms with Gasteiger partial charge >= 0.3 is 0 Å². The van der Waals surface area contributed by atoms with E-state index < -0.39 is 11.6 Å². The van der Waals surface area contributed by atoms with Crippen molar-refractivity contribution >= 4 is 0 Å². The topological polar surface area (TPSA) is 0 Å². The minimum atomic E-state index is -0.933. The molecule has 3 aromatic carbocycles. The van der Waals surface area contributed by atoms with Crippen molar-refractivity contribution in [1.82, 2.24) is 0 Å². The smallest absolute Gasteiger partial charge is 0.160 e. The molecule has 24 heavy (non-hydrogen) atoms. The summed E-state index contributed by atoms with van der Waals surface area (Å²) < 4.78 is 27.1. The first-order valence-electron chi connectivity index (χ1n) is 7.35. The summed E-state index contributed by atoms with van der Waals surface area (Å²) in [6.07, 6.45) is 0. The maximum absolute atomic E-state index is 13.6. The molecule has 0 nitrogen and oxygen atoms in total. The van der Waals surface area contributed by atoms with E-state index in [0.717, 1.165) is 23.3 Å². The fourth-order valence-corrected chi connectivity index (χ4v) is 2.08. The number of halogens is 2. The zero-order valence-electron chi connectivity index (χ0n) is 12.7. The molecule has 0 bridgehead atoms. The van der Waals surface area contributed by atoms with Gasteiger partial charge in [0.05, 0.1) is 0 Å². The van der Waals surface area contributed by atoms with Gasteiger partial charge in [-0.15, -0.1) is 0 Å². The molecule has 0 saturated heterocycles. The van der Waals surface area contributed by atoms with Crippen LogP contribution < -0.4 is 0 Å². The average molecular weight is 314 g/mol. The van der Waals surface area contributed by atoms with Crippen molar-refractivity contribution in [3.8, 4) is 23.7 Å². The summed E-state index contributed by atoms with van der Waals surface area (Å²) in [4.78, 5) is 0. The molecule has 0 aliphatic rings. The third-order valence-corrected chi connectivity index (χ3v) is 3.29. The Morgan fingerprint density at radius 2 is 0.875 bits per heavy atom. The molecule has 0 radical (unpaired) electrons. The van der Waals surface area contributed by atoms with E-state index in [-0.39, 0.29) is 0 Å². The lowest BCUT2D eigenvalue weighted by atomic mass is 10.1. The molecule has 0 aliphatic heterocycles. The monoisotopic (exact) mass is 314 g/mol. The number of hydrogen-bond acceptors (Lipinski definition) is 0. The first-order chi connectivity index (χ1) is 11.7. The van der Waals surface area contributed by atoms with Gasteiger partial charge in [0.25, 0.3) is 0 Å². The molecule has 0 N–H and O–H groups in total. The van der Waals surface area contributed by atoms with E-state index in [0.29, 0.717) is 11.1 Å². The molecule has 0 spiro atoms. The Kier molecular flexibility index (Phi) is 4.70. The van der Waals surface area contributed by atoms with Gasteiger partial charge in [-0.1, -0.05) is 60.1 Å². The zero-order valence-corrected chi connectivity index (χ0v) is 12.7. The van der Waals surface area contributed by atoms with E-state index in [1.807, 2.05) is 60.7 Å². The van der Waals surface area contributed by atoms with Crippen molar-refractivity contribution < 1.29 is 8.78 Å². The van der Waals surface area contributed by atoms with Gasteiger partial charge in [-0.2, -0.15) is 0 Å². The lowest BCUT2D eigenvalue weighted by Crippen LogP contribution is -1.91. The lowest BCUT2D eigenvalue weighted by molar-refractivity contribution is 0.508. The lowest BCUT2D eigenvalue weighted by Gasteiger charge is -1.99. The third-order valence-electron chi connectivity index (χ3n) is 3.29. The SMILES string of the molecule is Fc1cc(C#Cc2ccccc2)c(C#Cc2ccccc2)cc1F. The van der Waals surface area contributed by atoms with Gasteiger partial charge < -0.3 is 0 Å². The number of benzene rings is 3. The van der Waals surface area contributed by atoms with Gasteiger partial charge in [0.15, 0.2) is 11.6 Å². The van der Waals surface area contributed by atoms with E-state index in [1.54, 1.807) is 0 Å². The van der Waals surface area contributed by atoms with E-state index in [4.69, 9.17) is 0 Å². The van der Waals surface area contributed by atoms with Crippen molar-refractivity contribution in [2.24, 2.45) is 0 Å². The summed E-state index contributed by atoms with van der Waals surface area (Å²) in [6.45, 7) is 0. The van der Waals surface area contributed by atoms with E-state index in [9.17, 15) is 8.78 Å². The average Bonchev–Trinajstić information content (AvgIpc) is 2.63. The molecule has 0 heterocycles. The first-order valence-corrected chi connectivity index (χ1v) is 7.35. The van der Waals surface area contributed by atoms with Crippen molar-refractivity contribution in [2.45, 2.75) is 0 Å². The highest BCUT2D eigenvalue weighted by Crippen LogP contribution is 2.14. The van der Waals surface area contributed by atoms with Crippen molar-refractivity contribution in [1.29, 1.82) is 0 Å². The molecule has 0 fully saturated rings. The fourth-order valence-electron chi connectivity index (χ4n) is 2.08. The molecule has 2 heteroatoms. The van der Waals surface area contributed by atoms with Crippen LogP contribution in [0.25, 0.3) is 0 Å². The standard InChI is InChI=1S/C22H12F2/c23-21-15-19(13-11-17-7-3-1-4-8-17)20(16-22(21)24)14-12-18-9-5-2-6-10-18/h1-10,15-16H. The van der Waals surface area contributed by atoms with Crippen LogP contribution in [0.5, 0.6) is 0 Å². The van der Waals surface area contributed by atoms with Crippen LogP contribution in [0.4, 0.5) is 8.78 Å². The second-order valence-corrected chi connectivity index (χ2v) is 5.04. The van der Waals surface area contributed by atoms with Gasteiger partial charge in [0, 0.05) is 22.3 Å². The molecule has 3 rings (SSSR count). The predicted molar refractivity (Wildman–Crippen MR) is 91.2 cm³/mol.